The van der Waals surface area contributed by atoms with Crippen LogP contribution in [0.15, 0.2) is 24.4 Å². The number of aromatic carboxylic acids is 1. The quantitative estimate of drug-likeness (QED) is 0.873. The molecule has 0 saturated heterocycles. The zero-order valence-corrected chi connectivity index (χ0v) is 10.0. The number of carboxylic acids is 2. The van der Waals surface area contributed by atoms with E-state index in [1.807, 2.05) is 0 Å². The van der Waals surface area contributed by atoms with E-state index < -0.39 is 17.4 Å². The Labute approximate surface area is 108 Å². The number of pyridine rings is 1. The summed E-state index contributed by atoms with van der Waals surface area (Å²) in [4.78, 5) is 26.8. The molecule has 19 heavy (non-hydrogen) atoms. The van der Waals surface area contributed by atoms with Crippen molar-refractivity contribution in [2.24, 2.45) is 0 Å². The van der Waals surface area contributed by atoms with Crippen LogP contribution in [-0.4, -0.2) is 31.5 Å². The number of carboxylic acid groups (broad SMARTS) is 2. The molecule has 0 spiro atoms. The van der Waals surface area contributed by atoms with Crippen LogP contribution >= 0.6 is 0 Å². The normalized spacial score (nSPS) is 17.1. The molecule has 0 aromatic carbocycles. The first-order valence-corrected chi connectivity index (χ1v) is 6.00. The second-order valence-corrected chi connectivity index (χ2v) is 4.79. The molecule has 1 aliphatic carbocycles. The van der Waals surface area contributed by atoms with E-state index in [-0.39, 0.29) is 5.69 Å². The summed E-state index contributed by atoms with van der Waals surface area (Å²) in [5.41, 5.74) is -0.710. The highest BCUT2D eigenvalue weighted by Gasteiger charge is 2.49. The molecule has 98 valence electrons. The van der Waals surface area contributed by atoms with Gasteiger partial charge in [-0.15, -0.1) is 0 Å². The average molecular weight is 260 g/mol. The third-order valence-corrected chi connectivity index (χ3v) is 3.80. The number of fused-ring (bicyclic) bond motifs is 1. The van der Waals surface area contributed by atoms with Gasteiger partial charge in [0.2, 0.25) is 0 Å². The first kappa shape index (κ1) is 11.7. The molecular formula is C13H12N2O4. The van der Waals surface area contributed by atoms with Crippen LogP contribution in [0.5, 0.6) is 0 Å². The zero-order valence-electron chi connectivity index (χ0n) is 10.0. The summed E-state index contributed by atoms with van der Waals surface area (Å²) < 4.78 is 1.58. The van der Waals surface area contributed by atoms with Gasteiger partial charge in [-0.3, -0.25) is 4.79 Å². The van der Waals surface area contributed by atoms with E-state index in [4.69, 9.17) is 5.11 Å². The number of hydrogen-bond acceptors (Lipinski definition) is 3. The minimum Gasteiger partial charge on any atom is -0.480 e. The molecule has 0 bridgehead atoms. The van der Waals surface area contributed by atoms with Crippen molar-refractivity contribution in [3.63, 3.8) is 0 Å². The van der Waals surface area contributed by atoms with Gasteiger partial charge in [-0.05, 0) is 25.0 Å². The van der Waals surface area contributed by atoms with Crippen LogP contribution in [0.2, 0.25) is 0 Å². The van der Waals surface area contributed by atoms with E-state index in [9.17, 15) is 14.7 Å². The van der Waals surface area contributed by atoms with Gasteiger partial charge in [-0.2, -0.15) is 0 Å². The van der Waals surface area contributed by atoms with Crippen molar-refractivity contribution in [3.8, 4) is 0 Å². The molecule has 3 rings (SSSR count). The topological polar surface area (TPSA) is 91.9 Å². The molecule has 0 radical (unpaired) electrons. The number of aromatic nitrogens is 2. The number of aliphatic carboxylic acids is 1. The molecule has 0 atom stereocenters. The van der Waals surface area contributed by atoms with Crippen molar-refractivity contribution in [3.05, 3.63) is 35.9 Å². The fourth-order valence-electron chi connectivity index (χ4n) is 2.60. The molecule has 1 aliphatic rings. The number of rotatable bonds is 3. The average Bonchev–Trinajstić information content (AvgIpc) is 2.68. The van der Waals surface area contributed by atoms with Gasteiger partial charge in [0.25, 0.3) is 0 Å². The lowest BCUT2D eigenvalue weighted by Crippen LogP contribution is -2.44. The van der Waals surface area contributed by atoms with E-state index in [1.54, 1.807) is 28.8 Å². The molecule has 2 aromatic rings. The maximum Gasteiger partial charge on any atom is 0.356 e. The molecule has 6 nitrogen and oxygen atoms in total. The zero-order chi connectivity index (χ0) is 13.6. The first-order chi connectivity index (χ1) is 9.06. The van der Waals surface area contributed by atoms with Crippen molar-refractivity contribution in [2.75, 3.05) is 0 Å². The molecule has 2 N–H and O–H groups in total. The number of imidazole rings is 1. The van der Waals surface area contributed by atoms with E-state index in [1.165, 1.54) is 0 Å². The summed E-state index contributed by atoms with van der Waals surface area (Å²) in [6.07, 6.45) is 3.47. The smallest absolute Gasteiger partial charge is 0.356 e. The lowest BCUT2D eigenvalue weighted by atomic mass is 9.68. The Balaban J connectivity index is 2.30. The largest absolute Gasteiger partial charge is 0.480 e. The molecule has 0 aliphatic heterocycles. The molecule has 1 fully saturated rings. The summed E-state index contributed by atoms with van der Waals surface area (Å²) >= 11 is 0. The van der Waals surface area contributed by atoms with Crippen molar-refractivity contribution in [1.29, 1.82) is 0 Å². The first-order valence-electron chi connectivity index (χ1n) is 6.00. The van der Waals surface area contributed by atoms with E-state index in [0.29, 0.717) is 24.2 Å². The summed E-state index contributed by atoms with van der Waals surface area (Å²) in [5.74, 6) is -1.76. The van der Waals surface area contributed by atoms with Gasteiger partial charge < -0.3 is 14.6 Å². The third-order valence-electron chi connectivity index (χ3n) is 3.80. The maximum absolute atomic E-state index is 11.5. The minimum absolute atomic E-state index is 0.0943. The number of hydrogen-bond donors (Lipinski definition) is 2. The summed E-state index contributed by atoms with van der Waals surface area (Å²) in [7, 11) is 0. The second-order valence-electron chi connectivity index (χ2n) is 4.79. The number of nitrogens with zero attached hydrogens (tertiary/aromatic N) is 2. The predicted molar refractivity (Wildman–Crippen MR) is 65.3 cm³/mol. The Kier molecular flexibility index (Phi) is 2.35. The lowest BCUT2D eigenvalue weighted by Gasteiger charge is -2.36. The highest BCUT2D eigenvalue weighted by molar-refractivity contribution is 5.94. The third kappa shape index (κ3) is 1.46. The Hall–Kier alpha value is -2.37. The number of carbonyl (C=O) groups is 2. The standard InChI is InChI=1S/C13H12N2O4/c16-10(17)9-8-4-1-2-7-15(8)11(14-9)13(12(18)19)5-3-6-13/h1-2,4,7H,3,5-6H2,(H,16,17)(H,18,19). The van der Waals surface area contributed by atoms with Gasteiger partial charge in [-0.25, -0.2) is 9.78 Å². The minimum atomic E-state index is -1.14. The highest BCUT2D eigenvalue weighted by Crippen LogP contribution is 2.43. The van der Waals surface area contributed by atoms with Crippen molar-refractivity contribution >= 4 is 17.5 Å². The van der Waals surface area contributed by atoms with E-state index in [2.05, 4.69) is 4.98 Å². The van der Waals surface area contributed by atoms with Crippen LogP contribution in [0.25, 0.3) is 5.52 Å². The summed E-state index contributed by atoms with van der Waals surface area (Å²) in [6.45, 7) is 0. The molecule has 0 amide bonds. The SMILES string of the molecule is O=C(O)c1nc(C2(C(=O)O)CCC2)n2ccccc12. The van der Waals surface area contributed by atoms with Crippen molar-refractivity contribution < 1.29 is 19.8 Å². The highest BCUT2D eigenvalue weighted by atomic mass is 16.4. The van der Waals surface area contributed by atoms with E-state index in [0.717, 1.165) is 6.42 Å². The van der Waals surface area contributed by atoms with Gasteiger partial charge in [0.05, 0.1) is 5.52 Å². The van der Waals surface area contributed by atoms with Gasteiger partial charge in [0.15, 0.2) is 5.69 Å². The van der Waals surface area contributed by atoms with Crippen LogP contribution in [0, 0.1) is 0 Å². The van der Waals surface area contributed by atoms with Gasteiger partial charge in [0, 0.05) is 6.20 Å². The Morgan fingerprint density at radius 3 is 2.53 bits per heavy atom. The molecule has 1 saturated carbocycles. The molecular weight excluding hydrogens is 248 g/mol. The predicted octanol–water partition coefficient (Wildman–Crippen LogP) is 1.54. The Bertz CT molecular complexity index is 685. The van der Waals surface area contributed by atoms with Crippen molar-refractivity contribution in [1.82, 2.24) is 9.38 Å². The van der Waals surface area contributed by atoms with Gasteiger partial charge >= 0.3 is 11.9 Å². The fourth-order valence-corrected chi connectivity index (χ4v) is 2.60. The summed E-state index contributed by atoms with van der Waals surface area (Å²) in [6, 6.07) is 5.08. The fraction of sp³-hybridized carbons (Fsp3) is 0.308. The van der Waals surface area contributed by atoms with Crippen LogP contribution in [0.1, 0.15) is 35.6 Å². The molecule has 0 unspecified atom stereocenters. The lowest BCUT2D eigenvalue weighted by molar-refractivity contribution is -0.147. The second kappa shape index (κ2) is 3.81. The Morgan fingerprint density at radius 2 is 2.00 bits per heavy atom. The molecule has 2 heterocycles. The van der Waals surface area contributed by atoms with Crippen LogP contribution < -0.4 is 0 Å². The molecule has 2 aromatic heterocycles. The van der Waals surface area contributed by atoms with Crippen molar-refractivity contribution in [2.45, 2.75) is 24.7 Å². The Morgan fingerprint density at radius 1 is 1.26 bits per heavy atom. The van der Waals surface area contributed by atoms with Crippen LogP contribution in [0.3, 0.4) is 0 Å². The van der Waals surface area contributed by atoms with Crippen LogP contribution in [0.4, 0.5) is 0 Å². The van der Waals surface area contributed by atoms with Gasteiger partial charge in [-0.1, -0.05) is 12.5 Å². The summed E-state index contributed by atoms with van der Waals surface area (Å²) in [5, 5.41) is 18.6. The van der Waals surface area contributed by atoms with Crippen LogP contribution in [-0.2, 0) is 10.2 Å². The van der Waals surface area contributed by atoms with E-state index >= 15 is 0 Å². The maximum atomic E-state index is 11.5. The van der Waals surface area contributed by atoms with Gasteiger partial charge in [0.1, 0.15) is 11.2 Å². The molecule has 6 heteroatoms. The monoisotopic (exact) mass is 260 g/mol.